The van der Waals surface area contributed by atoms with Crippen LogP contribution in [0.3, 0.4) is 0 Å². The number of hydrogen-bond acceptors (Lipinski definition) is 8. The van der Waals surface area contributed by atoms with Gasteiger partial charge in [0.25, 0.3) is 0 Å². The second-order valence-corrected chi connectivity index (χ2v) is 6.95. The molecule has 1 aromatic rings. The summed E-state index contributed by atoms with van der Waals surface area (Å²) in [4.78, 5) is 25.5. The fraction of sp³-hybridized carbons (Fsp3) is 0.611. The number of hydrogen-bond donors (Lipinski definition) is 2. The topological polar surface area (TPSA) is 108 Å². The molecule has 1 aromatic heterocycles. The van der Waals surface area contributed by atoms with Gasteiger partial charge < -0.3 is 29.6 Å². The number of nitrogens with zero attached hydrogens (tertiary/aromatic N) is 1. The van der Waals surface area contributed by atoms with Crippen molar-refractivity contribution >= 4 is 12.4 Å². The molecule has 9 nitrogen and oxygen atoms in total. The molecule has 2 N–H and O–H groups in total. The minimum Gasteiger partial charge on any atom is -0.486 e. The van der Waals surface area contributed by atoms with Crippen molar-refractivity contribution in [1.29, 1.82) is 0 Å². The van der Waals surface area contributed by atoms with Crippen LogP contribution < -0.4 is 20.1 Å². The molecule has 1 amide bonds. The number of fused-ring (bicyclic) bond motifs is 1. The Kier molecular flexibility index (Phi) is 7.81. The maximum Gasteiger partial charge on any atom is 0.407 e. The van der Waals surface area contributed by atoms with Crippen LogP contribution in [0.15, 0.2) is 12.3 Å². The van der Waals surface area contributed by atoms with Gasteiger partial charge in [-0.15, -0.1) is 0 Å². The van der Waals surface area contributed by atoms with Crippen LogP contribution in [0.5, 0.6) is 11.5 Å². The van der Waals surface area contributed by atoms with E-state index in [4.69, 9.17) is 18.9 Å². The molecule has 150 valence electrons. The van der Waals surface area contributed by atoms with Gasteiger partial charge in [0.2, 0.25) is 0 Å². The van der Waals surface area contributed by atoms with Crippen molar-refractivity contribution in [3.05, 3.63) is 18.0 Å². The molecule has 1 saturated heterocycles. The van der Waals surface area contributed by atoms with Crippen LogP contribution in [-0.2, 0) is 9.47 Å². The van der Waals surface area contributed by atoms with Gasteiger partial charge in [0, 0.05) is 25.7 Å². The zero-order valence-corrected chi connectivity index (χ0v) is 15.9. The van der Waals surface area contributed by atoms with E-state index in [0.29, 0.717) is 49.8 Å². The summed E-state index contributed by atoms with van der Waals surface area (Å²) in [6.45, 7) is 9.41. The van der Waals surface area contributed by atoms with Crippen LogP contribution in [0.2, 0.25) is 0 Å². The molecule has 0 radical (unpaired) electrons. The number of carbonyl (C=O) groups excluding carboxylic acids is 2. The molecule has 0 bridgehead atoms. The maximum absolute atomic E-state index is 11.3. The van der Waals surface area contributed by atoms with E-state index in [0.717, 1.165) is 13.1 Å². The molecular weight excluding hydrogens is 354 g/mol. The predicted molar refractivity (Wildman–Crippen MR) is 97.5 cm³/mol. The van der Waals surface area contributed by atoms with Crippen LogP contribution in [-0.4, -0.2) is 68.5 Å². The van der Waals surface area contributed by atoms with Crippen molar-refractivity contribution < 1.29 is 28.5 Å². The molecule has 0 aromatic carbocycles. The largest absolute Gasteiger partial charge is 0.486 e. The Hall–Kier alpha value is -2.39. The molecule has 9 heteroatoms. The van der Waals surface area contributed by atoms with Crippen LogP contribution in [0.25, 0.3) is 0 Å². The van der Waals surface area contributed by atoms with Gasteiger partial charge in [0.1, 0.15) is 24.5 Å². The van der Waals surface area contributed by atoms with Gasteiger partial charge in [-0.25, -0.2) is 9.78 Å². The summed E-state index contributed by atoms with van der Waals surface area (Å²) >= 11 is 0. The SMILES string of the molecule is CC(C)(C)OC(=O)NC[C@H]1CNCCO1.O=Cc1cc2c(cn1)OCCO2. The number of aromatic nitrogens is 1. The van der Waals surface area contributed by atoms with Crippen molar-refractivity contribution in [2.75, 3.05) is 39.5 Å². The van der Waals surface area contributed by atoms with Crippen LogP contribution in [0, 0.1) is 0 Å². The maximum atomic E-state index is 11.3. The molecule has 1 atom stereocenters. The molecule has 3 heterocycles. The van der Waals surface area contributed by atoms with E-state index in [-0.39, 0.29) is 6.10 Å². The third-order valence-corrected chi connectivity index (χ3v) is 3.45. The fourth-order valence-electron chi connectivity index (χ4n) is 2.29. The second kappa shape index (κ2) is 10.1. The number of ether oxygens (including phenoxy) is 4. The first-order chi connectivity index (χ1) is 12.9. The average Bonchev–Trinajstić information content (AvgIpc) is 2.66. The zero-order valence-electron chi connectivity index (χ0n) is 15.9. The Morgan fingerprint density at radius 3 is 2.70 bits per heavy atom. The van der Waals surface area contributed by atoms with Gasteiger partial charge in [0.05, 0.1) is 18.9 Å². The lowest BCUT2D eigenvalue weighted by molar-refractivity contribution is 0.0205. The summed E-state index contributed by atoms with van der Waals surface area (Å²) in [6.07, 6.45) is 1.83. The molecule has 3 rings (SSSR count). The van der Waals surface area contributed by atoms with Crippen LogP contribution in [0.1, 0.15) is 31.3 Å². The van der Waals surface area contributed by atoms with E-state index >= 15 is 0 Å². The predicted octanol–water partition coefficient (Wildman–Crippen LogP) is 1.16. The van der Waals surface area contributed by atoms with Gasteiger partial charge in [-0.2, -0.15) is 0 Å². The lowest BCUT2D eigenvalue weighted by Gasteiger charge is -2.25. The number of alkyl carbamates (subject to hydrolysis) is 1. The number of rotatable bonds is 3. The van der Waals surface area contributed by atoms with E-state index in [1.54, 1.807) is 6.07 Å². The summed E-state index contributed by atoms with van der Waals surface area (Å²) in [5, 5.41) is 5.87. The van der Waals surface area contributed by atoms with Gasteiger partial charge >= 0.3 is 6.09 Å². The third-order valence-electron chi connectivity index (χ3n) is 3.45. The van der Waals surface area contributed by atoms with Crippen molar-refractivity contribution in [3.63, 3.8) is 0 Å². The van der Waals surface area contributed by atoms with Crippen molar-refractivity contribution in [2.24, 2.45) is 0 Å². The Bertz CT molecular complexity index is 626. The number of morpholine rings is 1. The van der Waals surface area contributed by atoms with Crippen molar-refractivity contribution in [3.8, 4) is 11.5 Å². The number of pyridine rings is 1. The third kappa shape index (κ3) is 7.79. The highest BCUT2D eigenvalue weighted by Crippen LogP contribution is 2.28. The molecule has 2 aliphatic heterocycles. The average molecular weight is 381 g/mol. The lowest BCUT2D eigenvalue weighted by Crippen LogP contribution is -2.46. The Morgan fingerprint density at radius 2 is 2.07 bits per heavy atom. The number of aldehydes is 1. The summed E-state index contributed by atoms with van der Waals surface area (Å²) in [5.41, 5.74) is -0.0882. The quantitative estimate of drug-likeness (QED) is 0.751. The molecule has 0 saturated carbocycles. The fourth-order valence-corrected chi connectivity index (χ4v) is 2.29. The van der Waals surface area contributed by atoms with Crippen molar-refractivity contribution in [1.82, 2.24) is 15.6 Å². The standard InChI is InChI=1S/C10H20N2O3.C8H7NO3/c1-10(2,3)15-9(13)12-7-8-6-11-4-5-14-8;10-5-6-3-7-8(4-9-6)12-2-1-11-7/h8,11H,4-7H2,1-3H3,(H,12,13);3-5H,1-2H2/t8-;/m1./s1. The van der Waals surface area contributed by atoms with E-state index in [2.05, 4.69) is 15.6 Å². The van der Waals surface area contributed by atoms with Gasteiger partial charge in [-0.3, -0.25) is 4.79 Å². The Morgan fingerprint density at radius 1 is 1.33 bits per heavy atom. The van der Waals surface area contributed by atoms with Gasteiger partial charge in [-0.05, 0) is 20.8 Å². The van der Waals surface area contributed by atoms with E-state index in [9.17, 15) is 9.59 Å². The van der Waals surface area contributed by atoms with E-state index in [1.807, 2.05) is 20.8 Å². The summed E-state index contributed by atoms with van der Waals surface area (Å²) in [5.74, 6) is 1.20. The summed E-state index contributed by atoms with van der Waals surface area (Å²) in [7, 11) is 0. The molecule has 1 fully saturated rings. The molecule has 27 heavy (non-hydrogen) atoms. The van der Waals surface area contributed by atoms with Crippen LogP contribution in [0.4, 0.5) is 4.79 Å². The number of carbonyl (C=O) groups is 2. The molecule has 0 aliphatic carbocycles. The highest BCUT2D eigenvalue weighted by Gasteiger charge is 2.18. The number of nitrogens with one attached hydrogen (secondary N) is 2. The summed E-state index contributed by atoms with van der Waals surface area (Å²) < 4.78 is 21.0. The first-order valence-electron chi connectivity index (χ1n) is 8.87. The first kappa shape index (κ1) is 20.9. The van der Waals surface area contributed by atoms with Gasteiger partial charge in [0.15, 0.2) is 17.8 Å². The van der Waals surface area contributed by atoms with Crippen LogP contribution >= 0.6 is 0 Å². The molecule has 0 spiro atoms. The lowest BCUT2D eigenvalue weighted by atomic mass is 10.2. The Balaban J connectivity index is 0.000000198. The smallest absolute Gasteiger partial charge is 0.407 e. The minimum absolute atomic E-state index is 0.0475. The molecule has 2 aliphatic rings. The zero-order chi connectivity index (χ0) is 19.7. The van der Waals surface area contributed by atoms with E-state index in [1.165, 1.54) is 6.20 Å². The molecule has 0 unspecified atom stereocenters. The molecular formula is C18H27N3O6. The summed E-state index contributed by atoms with van der Waals surface area (Å²) in [6, 6.07) is 1.57. The highest BCUT2D eigenvalue weighted by molar-refractivity contribution is 5.73. The Labute approximate surface area is 158 Å². The monoisotopic (exact) mass is 381 g/mol. The van der Waals surface area contributed by atoms with Crippen molar-refractivity contribution in [2.45, 2.75) is 32.5 Å². The number of amides is 1. The first-order valence-corrected chi connectivity index (χ1v) is 8.87. The highest BCUT2D eigenvalue weighted by atomic mass is 16.6. The van der Waals surface area contributed by atoms with Gasteiger partial charge in [-0.1, -0.05) is 0 Å². The van der Waals surface area contributed by atoms with E-state index < -0.39 is 11.7 Å². The normalized spacial score (nSPS) is 18.6. The minimum atomic E-state index is -0.449. The second-order valence-electron chi connectivity index (χ2n) is 6.95.